The van der Waals surface area contributed by atoms with Crippen LogP contribution in [0, 0.1) is 0 Å². The molecule has 4 atom stereocenters. The summed E-state index contributed by atoms with van der Waals surface area (Å²) in [4.78, 5) is 34.9. The summed E-state index contributed by atoms with van der Waals surface area (Å²) >= 11 is 0. The second-order valence-electron chi connectivity index (χ2n) is 14.6. The van der Waals surface area contributed by atoms with E-state index < -0.39 is 32.5 Å². The smallest absolute Gasteiger partial charge is 0.462 e. The van der Waals surface area contributed by atoms with Crippen LogP contribution < -0.4 is 5.73 Å². The van der Waals surface area contributed by atoms with Crippen molar-refractivity contribution in [2.45, 2.75) is 199 Å². The Morgan fingerprint density at radius 1 is 0.648 bits per heavy atom. The molecule has 1 fully saturated rings. The van der Waals surface area contributed by atoms with Crippen molar-refractivity contribution >= 4 is 19.8 Å². The van der Waals surface area contributed by atoms with Crippen molar-refractivity contribution in [1.29, 1.82) is 0 Å². The van der Waals surface area contributed by atoms with Gasteiger partial charge in [0, 0.05) is 19.4 Å². The van der Waals surface area contributed by atoms with Gasteiger partial charge in [-0.3, -0.25) is 18.6 Å². The summed E-state index contributed by atoms with van der Waals surface area (Å²) in [6, 6.07) is 0. The minimum atomic E-state index is -4.40. The Morgan fingerprint density at radius 3 is 1.76 bits per heavy atom. The molecule has 0 aromatic carbocycles. The van der Waals surface area contributed by atoms with E-state index in [4.69, 9.17) is 29.0 Å². The predicted molar refractivity (Wildman–Crippen MR) is 219 cm³/mol. The van der Waals surface area contributed by atoms with E-state index in [1.54, 1.807) is 0 Å². The first-order chi connectivity index (χ1) is 26.3. The van der Waals surface area contributed by atoms with Crippen LogP contribution in [0.25, 0.3) is 0 Å². The summed E-state index contributed by atoms with van der Waals surface area (Å²) in [7, 11) is -4.40. The molecule has 0 radical (unpaired) electrons. The van der Waals surface area contributed by atoms with Crippen LogP contribution >= 0.6 is 7.82 Å². The minimum Gasteiger partial charge on any atom is -0.462 e. The maximum atomic E-state index is 12.6. The number of nitrogens with two attached hydrogens (primary N) is 1. The third-order valence-electron chi connectivity index (χ3n) is 9.43. The average Bonchev–Trinajstić information content (AvgIpc) is 3.91. The lowest BCUT2D eigenvalue weighted by Gasteiger charge is -2.19. The zero-order valence-electron chi connectivity index (χ0n) is 34.1. The Morgan fingerprint density at radius 2 is 1.15 bits per heavy atom. The van der Waals surface area contributed by atoms with Crippen LogP contribution in [0.15, 0.2) is 36.5 Å². The van der Waals surface area contributed by atoms with Crippen molar-refractivity contribution in [3.05, 3.63) is 36.5 Å². The Bertz CT molecular complexity index is 1050. The molecular weight excluding hydrogens is 705 g/mol. The molecule has 314 valence electrons. The molecule has 11 heteroatoms. The number of hydrogen-bond donors (Lipinski definition) is 2. The van der Waals surface area contributed by atoms with Gasteiger partial charge in [0.05, 0.1) is 25.4 Å². The van der Waals surface area contributed by atoms with Crippen LogP contribution in [0.5, 0.6) is 0 Å². The number of esters is 2. The largest absolute Gasteiger partial charge is 0.472 e. The fourth-order valence-electron chi connectivity index (χ4n) is 6.08. The third kappa shape index (κ3) is 32.4. The van der Waals surface area contributed by atoms with Gasteiger partial charge in [-0.1, -0.05) is 153 Å². The number of rotatable bonds is 39. The lowest BCUT2D eigenvalue weighted by molar-refractivity contribution is -0.161. The van der Waals surface area contributed by atoms with Gasteiger partial charge in [-0.25, -0.2) is 4.57 Å². The number of carbonyl (C=O) groups excluding carboxylic acids is 2. The normalized spacial score (nSPS) is 17.4. The molecule has 1 heterocycles. The molecule has 4 unspecified atom stereocenters. The summed E-state index contributed by atoms with van der Waals surface area (Å²) in [5, 5.41) is 0. The van der Waals surface area contributed by atoms with Crippen molar-refractivity contribution in [1.82, 2.24) is 0 Å². The first-order valence-corrected chi connectivity index (χ1v) is 23.1. The zero-order chi connectivity index (χ0) is 39.4. The fourth-order valence-corrected chi connectivity index (χ4v) is 6.85. The standard InChI is InChI=1S/C43H78NO9P/c1-3-5-7-9-11-13-14-15-16-17-18-20-22-24-29-33-42(45)49-37-39(38-51-54(47,48)50-36-35-44)52-43(46)34-30-26-25-28-32-41-40(53-41)31-27-23-21-19-12-10-8-6-4-2/h12,19,23,25,27-28,39-41H,3-11,13-18,20-22,24,26,29-38,44H2,1-2H3,(H,47,48)/b19-12-,27-23-,28-25-. The van der Waals surface area contributed by atoms with E-state index >= 15 is 0 Å². The highest BCUT2D eigenvalue weighted by molar-refractivity contribution is 7.47. The lowest BCUT2D eigenvalue weighted by atomic mass is 10.0. The Balaban J connectivity index is 2.23. The topological polar surface area (TPSA) is 147 Å². The molecule has 0 saturated carbocycles. The number of epoxide rings is 1. The van der Waals surface area contributed by atoms with Gasteiger partial charge < -0.3 is 24.8 Å². The molecule has 0 aromatic heterocycles. The van der Waals surface area contributed by atoms with Gasteiger partial charge in [0.25, 0.3) is 0 Å². The van der Waals surface area contributed by atoms with Gasteiger partial charge in [0.1, 0.15) is 6.61 Å². The Kier molecular flexibility index (Phi) is 33.1. The molecule has 1 rings (SSSR count). The van der Waals surface area contributed by atoms with Crippen molar-refractivity contribution in [2.24, 2.45) is 5.73 Å². The fraction of sp³-hybridized carbons (Fsp3) is 0.814. The monoisotopic (exact) mass is 784 g/mol. The maximum Gasteiger partial charge on any atom is 0.472 e. The zero-order valence-corrected chi connectivity index (χ0v) is 35.0. The molecule has 10 nitrogen and oxygen atoms in total. The van der Waals surface area contributed by atoms with Crippen LogP contribution in [0.2, 0.25) is 0 Å². The molecule has 0 bridgehead atoms. The molecule has 0 aliphatic carbocycles. The van der Waals surface area contributed by atoms with Gasteiger partial charge in [0.15, 0.2) is 6.10 Å². The second-order valence-corrected chi connectivity index (χ2v) is 16.1. The number of unbranched alkanes of at least 4 members (excludes halogenated alkanes) is 18. The SMILES string of the molecule is CCCCC/C=C\C/C=C\CC1OC1C/C=C\CCCC(=O)OC(COC(=O)CCCCCCCCCCCCCCCCC)COP(=O)(O)OCCN. The maximum absolute atomic E-state index is 12.6. The molecule has 0 spiro atoms. The third-order valence-corrected chi connectivity index (χ3v) is 10.4. The quantitative estimate of drug-likeness (QED) is 0.0203. The van der Waals surface area contributed by atoms with Gasteiger partial charge in [-0.15, -0.1) is 0 Å². The highest BCUT2D eigenvalue weighted by Gasteiger charge is 2.36. The molecule has 0 aromatic rings. The van der Waals surface area contributed by atoms with Gasteiger partial charge in [-0.05, 0) is 51.4 Å². The average molecular weight is 784 g/mol. The van der Waals surface area contributed by atoms with Crippen LogP contribution in [-0.4, -0.2) is 61.5 Å². The van der Waals surface area contributed by atoms with E-state index in [9.17, 15) is 19.0 Å². The summed E-state index contributed by atoms with van der Waals surface area (Å²) < 4.78 is 38.5. The van der Waals surface area contributed by atoms with E-state index in [0.717, 1.165) is 44.9 Å². The van der Waals surface area contributed by atoms with Crippen LogP contribution in [-0.2, 0) is 37.4 Å². The number of hydrogen-bond acceptors (Lipinski definition) is 9. The van der Waals surface area contributed by atoms with E-state index in [-0.39, 0.29) is 44.8 Å². The van der Waals surface area contributed by atoms with Crippen molar-refractivity contribution < 1.29 is 42.3 Å². The summed E-state index contributed by atoms with van der Waals surface area (Å²) in [5.74, 6) is -0.898. The van der Waals surface area contributed by atoms with Crippen LogP contribution in [0.3, 0.4) is 0 Å². The van der Waals surface area contributed by atoms with Crippen LogP contribution in [0.1, 0.15) is 181 Å². The van der Waals surface area contributed by atoms with Crippen LogP contribution in [0.4, 0.5) is 0 Å². The van der Waals surface area contributed by atoms with Crippen molar-refractivity contribution in [2.75, 3.05) is 26.4 Å². The predicted octanol–water partition coefficient (Wildman–Crippen LogP) is 11.2. The van der Waals surface area contributed by atoms with E-state index in [0.29, 0.717) is 12.8 Å². The Hall–Kier alpha value is -1.81. The number of phosphoric acid groups is 1. The first-order valence-electron chi connectivity index (χ1n) is 21.6. The number of carbonyl (C=O) groups is 2. The van der Waals surface area contributed by atoms with E-state index in [1.165, 1.54) is 96.3 Å². The van der Waals surface area contributed by atoms with Gasteiger partial charge in [0.2, 0.25) is 0 Å². The molecule has 1 aliphatic heterocycles. The lowest BCUT2D eigenvalue weighted by Crippen LogP contribution is -2.29. The van der Waals surface area contributed by atoms with Gasteiger partial charge in [-0.2, -0.15) is 0 Å². The second kappa shape index (κ2) is 35.6. The van der Waals surface area contributed by atoms with Gasteiger partial charge >= 0.3 is 19.8 Å². The molecule has 1 aliphatic rings. The highest BCUT2D eigenvalue weighted by Crippen LogP contribution is 2.43. The van der Waals surface area contributed by atoms with Crippen molar-refractivity contribution in [3.8, 4) is 0 Å². The molecule has 3 N–H and O–H groups in total. The van der Waals surface area contributed by atoms with E-state index in [2.05, 4.69) is 44.2 Å². The molecule has 1 saturated heterocycles. The highest BCUT2D eigenvalue weighted by atomic mass is 31.2. The molecule has 54 heavy (non-hydrogen) atoms. The van der Waals surface area contributed by atoms with Crippen molar-refractivity contribution in [3.63, 3.8) is 0 Å². The summed E-state index contributed by atoms with van der Waals surface area (Å²) in [6.07, 6.45) is 40.6. The number of allylic oxidation sites excluding steroid dienone is 4. The molecular formula is C43H78NO9P. The summed E-state index contributed by atoms with van der Waals surface area (Å²) in [5.41, 5.74) is 5.34. The minimum absolute atomic E-state index is 0.0423. The number of phosphoric ester groups is 1. The molecule has 0 amide bonds. The summed E-state index contributed by atoms with van der Waals surface area (Å²) in [6.45, 7) is 3.63. The van der Waals surface area contributed by atoms with E-state index in [1.807, 2.05) is 6.08 Å². The first kappa shape index (κ1) is 50.2. The number of ether oxygens (including phenoxy) is 3. The Labute approximate surface area is 329 Å².